The molecule has 1 fully saturated rings. The first-order valence-electron chi connectivity index (χ1n) is 9.18. The Hall–Kier alpha value is -2.74. The Kier molecular flexibility index (Phi) is 6.18. The first-order chi connectivity index (χ1) is 13.1. The second-order valence-electron chi connectivity index (χ2n) is 6.61. The van der Waals surface area contributed by atoms with Gasteiger partial charge >= 0.3 is 0 Å². The zero-order valence-electron chi connectivity index (χ0n) is 15.1. The van der Waals surface area contributed by atoms with Crippen LogP contribution in [0.1, 0.15) is 36.2 Å². The molecule has 1 saturated heterocycles. The standard InChI is InChI=1S/C19H24FN5O2/c20-14-4-6-15(7-5-14)25-12-9-17(23-25)19(27)24-11-2-1-3-16(24)13-22-18(26)8-10-21/h4-7,9,12,16H,1-3,8,10-11,13,21H2,(H,22,26). The molecule has 2 aromatic rings. The number of hydrogen-bond acceptors (Lipinski definition) is 4. The highest BCUT2D eigenvalue weighted by Gasteiger charge is 2.29. The fourth-order valence-electron chi connectivity index (χ4n) is 3.25. The van der Waals surface area contributed by atoms with Gasteiger partial charge in [0.05, 0.1) is 5.69 Å². The van der Waals surface area contributed by atoms with Gasteiger partial charge in [-0.1, -0.05) is 0 Å². The van der Waals surface area contributed by atoms with E-state index in [-0.39, 0.29) is 30.1 Å². The molecule has 2 heterocycles. The number of nitrogens with one attached hydrogen (secondary N) is 1. The van der Waals surface area contributed by atoms with E-state index in [2.05, 4.69) is 10.4 Å². The van der Waals surface area contributed by atoms with Gasteiger partial charge in [0.1, 0.15) is 5.82 Å². The molecule has 3 rings (SSSR count). The summed E-state index contributed by atoms with van der Waals surface area (Å²) in [7, 11) is 0. The fourth-order valence-corrected chi connectivity index (χ4v) is 3.25. The third-order valence-electron chi connectivity index (χ3n) is 4.69. The predicted molar refractivity (Wildman–Crippen MR) is 98.9 cm³/mol. The summed E-state index contributed by atoms with van der Waals surface area (Å²) in [5, 5.41) is 7.20. The van der Waals surface area contributed by atoms with Crippen LogP contribution in [0.4, 0.5) is 4.39 Å². The zero-order valence-corrected chi connectivity index (χ0v) is 15.1. The second kappa shape index (κ2) is 8.77. The van der Waals surface area contributed by atoms with Crippen LogP contribution in [0.5, 0.6) is 0 Å². The molecule has 2 amide bonds. The Balaban J connectivity index is 1.69. The third-order valence-corrected chi connectivity index (χ3v) is 4.69. The van der Waals surface area contributed by atoms with Gasteiger partial charge in [-0.25, -0.2) is 9.07 Å². The fraction of sp³-hybridized carbons (Fsp3) is 0.421. The van der Waals surface area contributed by atoms with Crippen molar-refractivity contribution in [2.24, 2.45) is 5.73 Å². The molecule has 1 aliphatic rings. The average Bonchev–Trinajstić information content (AvgIpc) is 3.17. The minimum Gasteiger partial charge on any atom is -0.354 e. The Labute approximate surface area is 157 Å². The molecule has 27 heavy (non-hydrogen) atoms. The van der Waals surface area contributed by atoms with Crippen LogP contribution in [0.15, 0.2) is 36.5 Å². The number of piperidine rings is 1. The van der Waals surface area contributed by atoms with Crippen LogP contribution in [-0.2, 0) is 4.79 Å². The summed E-state index contributed by atoms with van der Waals surface area (Å²) in [5.74, 6) is -0.584. The van der Waals surface area contributed by atoms with Crippen molar-refractivity contribution in [3.8, 4) is 5.69 Å². The van der Waals surface area contributed by atoms with Crippen molar-refractivity contribution in [2.45, 2.75) is 31.7 Å². The van der Waals surface area contributed by atoms with Crippen LogP contribution in [0.3, 0.4) is 0 Å². The second-order valence-corrected chi connectivity index (χ2v) is 6.61. The smallest absolute Gasteiger partial charge is 0.274 e. The van der Waals surface area contributed by atoms with Crippen molar-refractivity contribution in [3.05, 3.63) is 48.0 Å². The Bertz CT molecular complexity index is 790. The van der Waals surface area contributed by atoms with Crippen molar-refractivity contribution in [3.63, 3.8) is 0 Å². The van der Waals surface area contributed by atoms with Crippen molar-refractivity contribution in [1.29, 1.82) is 0 Å². The monoisotopic (exact) mass is 373 g/mol. The summed E-state index contributed by atoms with van der Waals surface area (Å²) < 4.78 is 14.6. The molecule has 1 aromatic carbocycles. The summed E-state index contributed by atoms with van der Waals surface area (Å²) in [6.45, 7) is 1.36. The van der Waals surface area contributed by atoms with E-state index in [4.69, 9.17) is 5.73 Å². The number of rotatable bonds is 6. The van der Waals surface area contributed by atoms with Crippen LogP contribution < -0.4 is 11.1 Å². The van der Waals surface area contributed by atoms with E-state index in [1.54, 1.807) is 34.0 Å². The van der Waals surface area contributed by atoms with Crippen molar-refractivity contribution < 1.29 is 14.0 Å². The molecular weight excluding hydrogens is 349 g/mol. The van der Waals surface area contributed by atoms with E-state index < -0.39 is 0 Å². The summed E-state index contributed by atoms with van der Waals surface area (Å²) in [5.41, 5.74) is 6.40. The lowest BCUT2D eigenvalue weighted by Crippen LogP contribution is -2.49. The van der Waals surface area contributed by atoms with Gasteiger partial charge < -0.3 is 16.0 Å². The van der Waals surface area contributed by atoms with E-state index in [0.29, 0.717) is 31.0 Å². The van der Waals surface area contributed by atoms with Gasteiger partial charge in [-0.05, 0) is 49.6 Å². The van der Waals surface area contributed by atoms with Gasteiger partial charge in [0.15, 0.2) is 5.69 Å². The van der Waals surface area contributed by atoms with Gasteiger partial charge in [0.25, 0.3) is 5.91 Å². The molecule has 1 aliphatic heterocycles. The Morgan fingerprint density at radius 1 is 1.22 bits per heavy atom. The highest BCUT2D eigenvalue weighted by atomic mass is 19.1. The maximum atomic E-state index is 13.1. The molecule has 7 nitrogen and oxygen atoms in total. The average molecular weight is 373 g/mol. The molecule has 144 valence electrons. The first kappa shape index (κ1) is 19.0. The molecule has 3 N–H and O–H groups in total. The van der Waals surface area contributed by atoms with Gasteiger partial charge in [0.2, 0.25) is 5.91 Å². The summed E-state index contributed by atoms with van der Waals surface area (Å²) in [6.07, 6.45) is 4.75. The summed E-state index contributed by atoms with van der Waals surface area (Å²) >= 11 is 0. The van der Waals surface area contributed by atoms with Crippen molar-refractivity contribution in [1.82, 2.24) is 20.0 Å². The Morgan fingerprint density at radius 3 is 2.74 bits per heavy atom. The van der Waals surface area contributed by atoms with E-state index >= 15 is 0 Å². The third kappa shape index (κ3) is 4.71. The summed E-state index contributed by atoms with van der Waals surface area (Å²) in [6, 6.07) is 7.51. The lowest BCUT2D eigenvalue weighted by atomic mass is 10.0. The first-order valence-corrected chi connectivity index (χ1v) is 9.18. The maximum absolute atomic E-state index is 13.1. The van der Waals surface area contributed by atoms with Crippen LogP contribution >= 0.6 is 0 Å². The van der Waals surface area contributed by atoms with Crippen molar-refractivity contribution >= 4 is 11.8 Å². The molecular formula is C19H24FN5O2. The number of carbonyl (C=O) groups excluding carboxylic acids is 2. The normalized spacial score (nSPS) is 17.0. The van der Waals surface area contributed by atoms with Gasteiger partial charge in [0, 0.05) is 38.3 Å². The van der Waals surface area contributed by atoms with Crippen LogP contribution in [0.25, 0.3) is 5.69 Å². The Morgan fingerprint density at radius 2 is 2.00 bits per heavy atom. The van der Waals surface area contributed by atoms with E-state index in [0.717, 1.165) is 19.3 Å². The van der Waals surface area contributed by atoms with Crippen LogP contribution in [0.2, 0.25) is 0 Å². The molecule has 0 aliphatic carbocycles. The molecule has 0 spiro atoms. The number of halogens is 1. The van der Waals surface area contributed by atoms with Gasteiger partial charge in [-0.3, -0.25) is 9.59 Å². The number of amides is 2. The number of nitrogens with two attached hydrogens (primary N) is 1. The van der Waals surface area contributed by atoms with Crippen LogP contribution in [-0.4, -0.2) is 52.2 Å². The molecule has 0 bridgehead atoms. The molecule has 0 radical (unpaired) electrons. The van der Waals surface area contributed by atoms with E-state index in [9.17, 15) is 14.0 Å². The zero-order chi connectivity index (χ0) is 19.2. The highest BCUT2D eigenvalue weighted by Crippen LogP contribution is 2.19. The molecule has 8 heteroatoms. The molecule has 0 saturated carbocycles. The number of aromatic nitrogens is 2. The predicted octanol–water partition coefficient (Wildman–Crippen LogP) is 1.47. The number of carbonyl (C=O) groups is 2. The quantitative estimate of drug-likeness (QED) is 0.802. The summed E-state index contributed by atoms with van der Waals surface area (Å²) in [4.78, 5) is 26.4. The minimum absolute atomic E-state index is 0.0519. The molecule has 1 aromatic heterocycles. The van der Waals surface area contributed by atoms with Crippen molar-refractivity contribution in [2.75, 3.05) is 19.6 Å². The van der Waals surface area contributed by atoms with Gasteiger partial charge in [-0.2, -0.15) is 5.10 Å². The molecule has 1 atom stereocenters. The van der Waals surface area contributed by atoms with E-state index in [1.807, 2.05) is 0 Å². The lowest BCUT2D eigenvalue weighted by Gasteiger charge is -2.35. The lowest BCUT2D eigenvalue weighted by molar-refractivity contribution is -0.121. The largest absolute Gasteiger partial charge is 0.354 e. The highest BCUT2D eigenvalue weighted by molar-refractivity contribution is 5.92. The minimum atomic E-state index is -0.324. The number of nitrogens with zero attached hydrogens (tertiary/aromatic N) is 3. The van der Waals surface area contributed by atoms with Crippen LogP contribution in [0, 0.1) is 5.82 Å². The topological polar surface area (TPSA) is 93.3 Å². The van der Waals surface area contributed by atoms with Gasteiger partial charge in [-0.15, -0.1) is 0 Å². The molecule has 1 unspecified atom stereocenters. The number of hydrogen-bond donors (Lipinski definition) is 2. The maximum Gasteiger partial charge on any atom is 0.274 e. The number of benzene rings is 1. The number of likely N-dealkylation sites (tertiary alicyclic amines) is 1. The SMILES string of the molecule is NCCC(=O)NCC1CCCCN1C(=O)c1ccn(-c2ccc(F)cc2)n1. The van der Waals surface area contributed by atoms with E-state index in [1.165, 1.54) is 12.1 Å².